The van der Waals surface area contributed by atoms with Gasteiger partial charge in [-0.25, -0.2) is 4.98 Å². The molecular weight excluding hydrogens is 324 g/mol. The van der Waals surface area contributed by atoms with Gasteiger partial charge in [-0.1, -0.05) is 24.6 Å². The average molecular weight is 347 g/mol. The summed E-state index contributed by atoms with van der Waals surface area (Å²) in [6.07, 6.45) is 1.80. The van der Waals surface area contributed by atoms with Crippen molar-refractivity contribution in [1.29, 1.82) is 0 Å². The van der Waals surface area contributed by atoms with Crippen molar-refractivity contribution >= 4 is 23.4 Å². The van der Waals surface area contributed by atoms with Crippen molar-refractivity contribution in [2.75, 3.05) is 23.4 Å². The predicted molar refractivity (Wildman–Crippen MR) is 97.8 cm³/mol. The lowest BCUT2D eigenvalue weighted by Crippen LogP contribution is -2.31. The van der Waals surface area contributed by atoms with Crippen LogP contribution in [-0.4, -0.2) is 34.3 Å². The highest BCUT2D eigenvalue weighted by molar-refractivity contribution is 6.30. The third kappa shape index (κ3) is 3.79. The van der Waals surface area contributed by atoms with E-state index >= 15 is 0 Å². The Labute approximate surface area is 147 Å². The number of rotatable bonds is 5. The molecule has 0 unspecified atom stereocenters. The molecule has 2 aromatic rings. The number of anilines is 2. The fourth-order valence-electron chi connectivity index (χ4n) is 2.87. The Balaban J connectivity index is 1.86. The third-order valence-electron chi connectivity index (χ3n) is 4.28. The fraction of sp³-hybridized carbons (Fsp3) is 0.444. The summed E-state index contributed by atoms with van der Waals surface area (Å²) in [6, 6.07) is 8.07. The molecule has 1 aliphatic rings. The number of nitrogens with zero attached hydrogens (tertiary/aromatic N) is 3. The Morgan fingerprint density at radius 3 is 2.88 bits per heavy atom. The van der Waals surface area contributed by atoms with Gasteiger partial charge in [0.25, 0.3) is 0 Å². The third-order valence-corrected chi connectivity index (χ3v) is 4.52. The normalized spacial score (nSPS) is 15.1. The molecule has 2 heterocycles. The van der Waals surface area contributed by atoms with Gasteiger partial charge in [0.05, 0.1) is 6.61 Å². The lowest BCUT2D eigenvalue weighted by molar-refractivity contribution is 0.281. The summed E-state index contributed by atoms with van der Waals surface area (Å²) in [5.74, 6) is 1.50. The van der Waals surface area contributed by atoms with E-state index in [1.807, 2.05) is 13.0 Å². The first kappa shape index (κ1) is 17.0. The van der Waals surface area contributed by atoms with Crippen LogP contribution in [0.1, 0.15) is 30.7 Å². The second-order valence-electron chi connectivity index (χ2n) is 6.21. The molecule has 0 aliphatic carbocycles. The van der Waals surface area contributed by atoms with Crippen LogP contribution >= 0.6 is 11.6 Å². The van der Waals surface area contributed by atoms with Crippen molar-refractivity contribution in [2.45, 2.75) is 39.3 Å². The highest BCUT2D eigenvalue weighted by Gasteiger charge is 2.19. The number of fused-ring (bicyclic) bond motifs is 1. The van der Waals surface area contributed by atoms with E-state index in [0.717, 1.165) is 42.5 Å². The van der Waals surface area contributed by atoms with Crippen molar-refractivity contribution in [1.82, 2.24) is 9.97 Å². The molecule has 0 bridgehead atoms. The highest BCUT2D eigenvalue weighted by Crippen LogP contribution is 2.26. The second kappa shape index (κ2) is 7.36. The Morgan fingerprint density at radius 1 is 1.29 bits per heavy atom. The number of aromatic nitrogens is 2. The number of aliphatic hydroxyl groups excluding tert-OH is 1. The summed E-state index contributed by atoms with van der Waals surface area (Å²) in [6.45, 7) is 5.76. The molecule has 0 fully saturated rings. The zero-order valence-electron chi connectivity index (χ0n) is 14.1. The number of aliphatic hydroxyl groups is 1. The van der Waals surface area contributed by atoms with Crippen LogP contribution in [0.4, 0.5) is 11.8 Å². The first-order valence-electron chi connectivity index (χ1n) is 8.36. The Morgan fingerprint density at radius 2 is 2.12 bits per heavy atom. The number of hydrogen-bond acceptors (Lipinski definition) is 5. The summed E-state index contributed by atoms with van der Waals surface area (Å²) in [7, 11) is 0. The van der Waals surface area contributed by atoms with E-state index in [9.17, 15) is 5.11 Å². The van der Waals surface area contributed by atoms with E-state index in [0.29, 0.717) is 5.95 Å². The van der Waals surface area contributed by atoms with Gasteiger partial charge in [-0.2, -0.15) is 4.98 Å². The van der Waals surface area contributed by atoms with Crippen LogP contribution in [0.2, 0.25) is 5.02 Å². The number of benzene rings is 1. The van der Waals surface area contributed by atoms with Gasteiger partial charge in [-0.05, 0) is 43.0 Å². The minimum atomic E-state index is -0.0748. The first-order valence-corrected chi connectivity index (χ1v) is 8.74. The number of nitrogens with one attached hydrogen (secondary N) is 1. The summed E-state index contributed by atoms with van der Waals surface area (Å²) < 4.78 is 0. The molecule has 0 radical (unpaired) electrons. The van der Waals surface area contributed by atoms with Crippen molar-refractivity contribution in [3.05, 3.63) is 46.1 Å². The molecule has 1 aromatic heterocycles. The molecular formula is C18H23ClN4O. The van der Waals surface area contributed by atoms with Gasteiger partial charge in [0.15, 0.2) is 0 Å². The molecule has 5 nitrogen and oxygen atoms in total. The molecule has 3 rings (SSSR count). The summed E-state index contributed by atoms with van der Waals surface area (Å²) in [5, 5.41) is 13.2. The Kier molecular flexibility index (Phi) is 5.21. The standard InChI is InChI=1S/C18H23ClN4O/c1-3-16-9-17(22-18(21-16)20-12(2)11-24)23-7-6-13-8-15(19)5-4-14(13)10-23/h4-5,8-9,12,24H,3,6-7,10-11H2,1-2H3,(H,20,21,22)/t12-/m0/s1. The predicted octanol–water partition coefficient (Wildman–Crippen LogP) is 3.05. The topological polar surface area (TPSA) is 61.3 Å². The largest absolute Gasteiger partial charge is 0.394 e. The maximum atomic E-state index is 9.23. The van der Waals surface area contributed by atoms with Crippen LogP contribution < -0.4 is 10.2 Å². The molecule has 2 N–H and O–H groups in total. The highest BCUT2D eigenvalue weighted by atomic mass is 35.5. The van der Waals surface area contributed by atoms with Crippen LogP contribution in [0.25, 0.3) is 0 Å². The maximum Gasteiger partial charge on any atom is 0.225 e. The van der Waals surface area contributed by atoms with E-state index in [1.54, 1.807) is 0 Å². The van der Waals surface area contributed by atoms with Gasteiger partial charge in [0.1, 0.15) is 5.82 Å². The molecule has 1 atom stereocenters. The first-order chi connectivity index (χ1) is 11.6. The molecule has 0 saturated carbocycles. The van der Waals surface area contributed by atoms with Gasteiger partial charge in [-0.3, -0.25) is 0 Å². The molecule has 6 heteroatoms. The molecule has 1 aromatic carbocycles. The van der Waals surface area contributed by atoms with Gasteiger partial charge >= 0.3 is 0 Å². The summed E-state index contributed by atoms with van der Waals surface area (Å²) in [5.41, 5.74) is 3.60. The second-order valence-corrected chi connectivity index (χ2v) is 6.64. The quantitative estimate of drug-likeness (QED) is 0.871. The molecule has 1 aliphatic heterocycles. The van der Waals surface area contributed by atoms with Crippen LogP contribution in [0, 0.1) is 0 Å². The van der Waals surface area contributed by atoms with Crippen LogP contribution in [0.15, 0.2) is 24.3 Å². The monoisotopic (exact) mass is 346 g/mol. The summed E-state index contributed by atoms with van der Waals surface area (Å²) >= 11 is 6.09. The lowest BCUT2D eigenvalue weighted by atomic mass is 10.00. The minimum absolute atomic E-state index is 0.0485. The number of hydrogen-bond donors (Lipinski definition) is 2. The van der Waals surface area contributed by atoms with Crippen LogP contribution in [0.5, 0.6) is 0 Å². The van der Waals surface area contributed by atoms with Gasteiger partial charge in [0, 0.05) is 35.9 Å². The van der Waals surface area contributed by atoms with Gasteiger partial charge in [0.2, 0.25) is 5.95 Å². The van der Waals surface area contributed by atoms with Crippen LogP contribution in [-0.2, 0) is 19.4 Å². The van der Waals surface area contributed by atoms with E-state index in [4.69, 9.17) is 11.6 Å². The molecule has 0 saturated heterocycles. The minimum Gasteiger partial charge on any atom is -0.394 e. The Hall–Kier alpha value is -1.85. The fourth-order valence-corrected chi connectivity index (χ4v) is 3.07. The number of aryl methyl sites for hydroxylation is 1. The smallest absolute Gasteiger partial charge is 0.225 e. The van der Waals surface area contributed by atoms with E-state index in [2.05, 4.69) is 45.3 Å². The van der Waals surface area contributed by atoms with Crippen molar-refractivity contribution in [3.63, 3.8) is 0 Å². The molecule has 24 heavy (non-hydrogen) atoms. The van der Waals surface area contributed by atoms with E-state index < -0.39 is 0 Å². The van der Waals surface area contributed by atoms with Crippen LogP contribution in [0.3, 0.4) is 0 Å². The maximum absolute atomic E-state index is 9.23. The lowest BCUT2D eigenvalue weighted by Gasteiger charge is -2.30. The SMILES string of the molecule is CCc1cc(N2CCc3cc(Cl)ccc3C2)nc(N[C@@H](C)CO)n1. The summed E-state index contributed by atoms with van der Waals surface area (Å²) in [4.78, 5) is 11.4. The zero-order chi connectivity index (χ0) is 17.1. The Bertz CT molecular complexity index is 722. The average Bonchev–Trinajstić information content (AvgIpc) is 2.60. The zero-order valence-corrected chi connectivity index (χ0v) is 14.8. The van der Waals surface area contributed by atoms with Crippen molar-refractivity contribution < 1.29 is 5.11 Å². The van der Waals surface area contributed by atoms with Gasteiger partial charge in [-0.15, -0.1) is 0 Å². The van der Waals surface area contributed by atoms with E-state index in [-0.39, 0.29) is 12.6 Å². The molecule has 0 amide bonds. The van der Waals surface area contributed by atoms with Gasteiger partial charge < -0.3 is 15.3 Å². The van der Waals surface area contributed by atoms with E-state index in [1.165, 1.54) is 11.1 Å². The molecule has 0 spiro atoms. The molecule has 128 valence electrons. The number of halogens is 1. The van der Waals surface area contributed by atoms with Crippen molar-refractivity contribution in [3.8, 4) is 0 Å². The van der Waals surface area contributed by atoms with Crippen molar-refractivity contribution in [2.24, 2.45) is 0 Å².